The Balaban J connectivity index is 1.40. The third kappa shape index (κ3) is 2.51. The lowest BCUT2D eigenvalue weighted by Crippen LogP contribution is -2.36. The monoisotopic (exact) mass is 403 g/mol. The molecule has 0 bridgehead atoms. The van der Waals surface area contributed by atoms with Gasteiger partial charge in [0.15, 0.2) is 11.5 Å². The average molecular weight is 403 g/mol. The molecule has 4 heterocycles. The molecule has 0 radical (unpaired) electrons. The van der Waals surface area contributed by atoms with Crippen LogP contribution in [0.2, 0.25) is 0 Å². The Morgan fingerprint density at radius 2 is 1.73 bits per heavy atom. The van der Waals surface area contributed by atoms with Gasteiger partial charge in [-0.2, -0.15) is 0 Å². The van der Waals surface area contributed by atoms with Crippen LogP contribution in [0, 0.1) is 0 Å². The van der Waals surface area contributed by atoms with Gasteiger partial charge in [0.25, 0.3) is 0 Å². The molecular formula is C23H21N3O4. The molecule has 152 valence electrons. The van der Waals surface area contributed by atoms with E-state index >= 15 is 0 Å². The lowest BCUT2D eigenvalue weighted by Gasteiger charge is -2.26. The Labute approximate surface area is 174 Å². The van der Waals surface area contributed by atoms with Crippen LogP contribution in [0.15, 0.2) is 48.8 Å². The minimum Gasteiger partial charge on any atom is -0.492 e. The minimum atomic E-state index is -0.241. The standard InChI is InChI=1S/C23H21N3O4/c1-27-22-24-10-15(11-25-22)12-26-13-23(16-4-2-3-5-18(16)26)14-30-19-9-21-20(8-17(19)23)28-6-7-29-21/h2-5,8-11H,6-7,12-14H2,1H3/t23-/m0/s1. The van der Waals surface area contributed by atoms with Crippen LogP contribution in [0.4, 0.5) is 5.69 Å². The molecule has 6 rings (SSSR count). The van der Waals surface area contributed by atoms with Crippen LogP contribution in [0.5, 0.6) is 23.3 Å². The molecule has 3 aliphatic heterocycles. The van der Waals surface area contributed by atoms with Gasteiger partial charge in [-0.25, -0.2) is 9.97 Å². The van der Waals surface area contributed by atoms with Crippen molar-refractivity contribution in [2.75, 3.05) is 38.4 Å². The lowest BCUT2D eigenvalue weighted by molar-refractivity contribution is 0.171. The summed E-state index contributed by atoms with van der Waals surface area (Å²) in [4.78, 5) is 10.9. The quantitative estimate of drug-likeness (QED) is 0.666. The number of hydrogen-bond acceptors (Lipinski definition) is 7. The van der Waals surface area contributed by atoms with E-state index in [1.54, 1.807) is 7.11 Å². The maximum absolute atomic E-state index is 6.18. The Kier molecular flexibility index (Phi) is 3.78. The van der Waals surface area contributed by atoms with Crippen LogP contribution in [0.3, 0.4) is 0 Å². The normalized spacial score (nSPS) is 20.6. The van der Waals surface area contributed by atoms with E-state index in [1.807, 2.05) is 18.5 Å². The number of fused-ring (bicyclic) bond motifs is 5. The molecule has 1 atom stereocenters. The fraction of sp³-hybridized carbons (Fsp3) is 0.304. The largest absolute Gasteiger partial charge is 0.492 e. The van der Waals surface area contributed by atoms with Crippen molar-refractivity contribution in [2.24, 2.45) is 0 Å². The van der Waals surface area contributed by atoms with E-state index in [0.29, 0.717) is 32.4 Å². The van der Waals surface area contributed by atoms with Crippen LogP contribution < -0.4 is 23.8 Å². The van der Waals surface area contributed by atoms with Gasteiger partial charge in [0.1, 0.15) is 25.6 Å². The first-order valence-corrected chi connectivity index (χ1v) is 10.0. The van der Waals surface area contributed by atoms with Crippen LogP contribution in [0.25, 0.3) is 0 Å². The summed E-state index contributed by atoms with van der Waals surface area (Å²) in [5.41, 5.74) is 4.43. The maximum Gasteiger partial charge on any atom is 0.316 e. The lowest BCUT2D eigenvalue weighted by atomic mass is 9.77. The Morgan fingerprint density at radius 3 is 2.53 bits per heavy atom. The van der Waals surface area contributed by atoms with Gasteiger partial charge in [-0.3, -0.25) is 0 Å². The fourth-order valence-corrected chi connectivity index (χ4v) is 4.74. The van der Waals surface area contributed by atoms with Crippen LogP contribution >= 0.6 is 0 Å². The van der Waals surface area contributed by atoms with E-state index in [0.717, 1.165) is 34.9 Å². The molecule has 7 heteroatoms. The van der Waals surface area contributed by atoms with Crippen molar-refractivity contribution in [3.8, 4) is 23.3 Å². The van der Waals surface area contributed by atoms with E-state index in [1.165, 1.54) is 11.3 Å². The molecule has 0 saturated carbocycles. The Morgan fingerprint density at radius 1 is 0.967 bits per heavy atom. The number of rotatable bonds is 3. The SMILES string of the molecule is COc1ncc(CN2C[C@]3(COc4cc5c(cc43)OCCO5)c3ccccc32)cn1. The Bertz CT molecular complexity index is 1120. The maximum atomic E-state index is 6.18. The van der Waals surface area contributed by atoms with Gasteiger partial charge in [-0.15, -0.1) is 0 Å². The third-order valence-corrected chi connectivity index (χ3v) is 6.09. The second-order valence-electron chi connectivity index (χ2n) is 7.81. The second-order valence-corrected chi connectivity index (χ2v) is 7.81. The molecule has 0 N–H and O–H groups in total. The van der Waals surface area contributed by atoms with Gasteiger partial charge in [0.2, 0.25) is 0 Å². The number of benzene rings is 2. The van der Waals surface area contributed by atoms with Crippen LogP contribution in [-0.2, 0) is 12.0 Å². The summed E-state index contributed by atoms with van der Waals surface area (Å²) in [5.74, 6) is 2.43. The molecule has 7 nitrogen and oxygen atoms in total. The molecule has 3 aliphatic rings. The van der Waals surface area contributed by atoms with E-state index in [-0.39, 0.29) is 5.41 Å². The van der Waals surface area contributed by atoms with Crippen LogP contribution in [0.1, 0.15) is 16.7 Å². The molecule has 2 aromatic carbocycles. The van der Waals surface area contributed by atoms with Crippen molar-refractivity contribution in [1.29, 1.82) is 0 Å². The number of anilines is 1. The molecule has 30 heavy (non-hydrogen) atoms. The van der Waals surface area contributed by atoms with E-state index in [4.69, 9.17) is 18.9 Å². The third-order valence-electron chi connectivity index (χ3n) is 6.09. The zero-order chi connectivity index (χ0) is 20.1. The van der Waals surface area contributed by atoms with Crippen molar-refractivity contribution >= 4 is 5.69 Å². The summed E-state index contributed by atoms with van der Waals surface area (Å²) in [7, 11) is 1.57. The zero-order valence-corrected chi connectivity index (χ0v) is 16.6. The summed E-state index contributed by atoms with van der Waals surface area (Å²) in [6.45, 7) is 3.25. The molecule has 0 aliphatic carbocycles. The summed E-state index contributed by atoms with van der Waals surface area (Å²) in [6.07, 6.45) is 3.64. The highest BCUT2D eigenvalue weighted by Crippen LogP contribution is 2.54. The number of nitrogens with zero attached hydrogens (tertiary/aromatic N) is 3. The van der Waals surface area contributed by atoms with E-state index in [9.17, 15) is 0 Å². The minimum absolute atomic E-state index is 0.241. The first-order valence-electron chi connectivity index (χ1n) is 10.0. The van der Waals surface area contributed by atoms with Crippen molar-refractivity contribution in [1.82, 2.24) is 9.97 Å². The van der Waals surface area contributed by atoms with Gasteiger partial charge in [0.05, 0.1) is 12.5 Å². The number of para-hydroxylation sites is 1. The molecule has 1 spiro atoms. The number of ether oxygens (including phenoxy) is 4. The van der Waals surface area contributed by atoms with Crippen molar-refractivity contribution < 1.29 is 18.9 Å². The van der Waals surface area contributed by atoms with Crippen molar-refractivity contribution in [3.05, 3.63) is 65.5 Å². The zero-order valence-electron chi connectivity index (χ0n) is 16.6. The first kappa shape index (κ1) is 17.4. The average Bonchev–Trinajstić information content (AvgIpc) is 3.31. The highest BCUT2D eigenvalue weighted by atomic mass is 16.6. The number of hydrogen-bond donors (Lipinski definition) is 0. The number of methoxy groups -OCH3 is 1. The van der Waals surface area contributed by atoms with Gasteiger partial charge in [-0.1, -0.05) is 18.2 Å². The van der Waals surface area contributed by atoms with Gasteiger partial charge in [-0.05, 0) is 17.7 Å². The Hall–Kier alpha value is -3.48. The van der Waals surface area contributed by atoms with Gasteiger partial charge < -0.3 is 23.8 Å². The fourth-order valence-electron chi connectivity index (χ4n) is 4.74. The van der Waals surface area contributed by atoms with E-state index < -0.39 is 0 Å². The van der Waals surface area contributed by atoms with Gasteiger partial charge in [0, 0.05) is 48.4 Å². The smallest absolute Gasteiger partial charge is 0.316 e. The molecule has 3 aromatic rings. The summed E-state index contributed by atoms with van der Waals surface area (Å²) in [5, 5.41) is 0. The highest BCUT2D eigenvalue weighted by molar-refractivity contribution is 5.70. The second kappa shape index (κ2) is 6.52. The number of aromatic nitrogens is 2. The van der Waals surface area contributed by atoms with E-state index in [2.05, 4.69) is 45.2 Å². The topological polar surface area (TPSA) is 65.9 Å². The molecule has 1 aromatic heterocycles. The van der Waals surface area contributed by atoms with Crippen molar-refractivity contribution in [3.63, 3.8) is 0 Å². The predicted octanol–water partition coefficient (Wildman–Crippen LogP) is 2.96. The molecule has 0 saturated heterocycles. The molecule has 0 unspecified atom stereocenters. The van der Waals surface area contributed by atoms with Crippen molar-refractivity contribution in [2.45, 2.75) is 12.0 Å². The van der Waals surface area contributed by atoms with Gasteiger partial charge >= 0.3 is 6.01 Å². The molecule has 0 fully saturated rings. The highest BCUT2D eigenvalue weighted by Gasteiger charge is 2.50. The predicted molar refractivity (Wildman–Crippen MR) is 110 cm³/mol. The summed E-state index contributed by atoms with van der Waals surface area (Å²) < 4.78 is 22.9. The first-order chi connectivity index (χ1) is 14.8. The summed E-state index contributed by atoms with van der Waals surface area (Å²) >= 11 is 0. The molecule has 0 amide bonds. The summed E-state index contributed by atoms with van der Waals surface area (Å²) in [6, 6.07) is 13.0. The van der Waals surface area contributed by atoms with Crippen LogP contribution in [-0.4, -0.2) is 43.4 Å². The molecular weight excluding hydrogens is 382 g/mol.